The van der Waals surface area contributed by atoms with Gasteiger partial charge in [-0.25, -0.2) is 0 Å². The zero-order chi connectivity index (χ0) is 17.9. The number of rotatable bonds is 1. The Balaban J connectivity index is 1.92. The second kappa shape index (κ2) is 5.11. The van der Waals surface area contributed by atoms with Crippen LogP contribution in [0.5, 0.6) is 5.75 Å². The minimum absolute atomic E-state index is 0.0996. The highest BCUT2D eigenvalue weighted by atomic mass is 16.5. The molecule has 0 atom stereocenters. The Morgan fingerprint density at radius 2 is 1.81 bits per heavy atom. The molecule has 4 nitrogen and oxygen atoms in total. The van der Waals surface area contributed by atoms with Crippen LogP contribution in [-0.4, -0.2) is 5.60 Å². The number of hydrogen-bond donors (Lipinski definition) is 0. The smallest absolute Gasteiger partial charge is 0.194 e. The van der Waals surface area contributed by atoms with Crippen LogP contribution >= 0.6 is 0 Å². The fourth-order valence-corrected chi connectivity index (χ4v) is 3.42. The summed E-state index contributed by atoms with van der Waals surface area (Å²) in [7, 11) is 0. The molecule has 1 aliphatic rings. The van der Waals surface area contributed by atoms with Gasteiger partial charge in [-0.05, 0) is 26.0 Å². The molecule has 0 fully saturated rings. The van der Waals surface area contributed by atoms with E-state index in [0.717, 1.165) is 10.9 Å². The summed E-state index contributed by atoms with van der Waals surface area (Å²) in [5.41, 5.74) is 2.11. The third kappa shape index (κ3) is 2.12. The summed E-state index contributed by atoms with van der Waals surface area (Å²) < 4.78 is 18.0. The first-order chi connectivity index (χ1) is 12.5. The van der Waals surface area contributed by atoms with E-state index in [0.29, 0.717) is 33.6 Å². The zero-order valence-electron chi connectivity index (χ0n) is 14.4. The Kier molecular flexibility index (Phi) is 2.95. The van der Waals surface area contributed by atoms with Gasteiger partial charge < -0.3 is 13.6 Å². The molecule has 2 aromatic carbocycles. The molecular formula is C22H16O4. The number of benzene rings is 2. The van der Waals surface area contributed by atoms with Crippen LogP contribution in [0, 0.1) is 0 Å². The molecule has 0 spiro atoms. The molecule has 4 heteroatoms. The van der Waals surface area contributed by atoms with E-state index < -0.39 is 5.60 Å². The lowest BCUT2D eigenvalue weighted by Gasteiger charge is -2.28. The van der Waals surface area contributed by atoms with Gasteiger partial charge in [-0.1, -0.05) is 36.4 Å². The highest BCUT2D eigenvalue weighted by molar-refractivity contribution is 6.10. The van der Waals surface area contributed by atoms with Crippen LogP contribution in [0.25, 0.3) is 39.3 Å². The number of ether oxygens (including phenoxy) is 1. The van der Waals surface area contributed by atoms with Gasteiger partial charge in [-0.3, -0.25) is 4.79 Å². The van der Waals surface area contributed by atoms with Crippen LogP contribution in [0.15, 0.2) is 68.4 Å². The molecule has 26 heavy (non-hydrogen) atoms. The fraction of sp³-hybridized carbons (Fsp3) is 0.136. The Morgan fingerprint density at radius 3 is 2.62 bits per heavy atom. The molecule has 1 aliphatic heterocycles. The topological polar surface area (TPSA) is 52.6 Å². The summed E-state index contributed by atoms with van der Waals surface area (Å²) in [6.07, 6.45) is 5.45. The maximum absolute atomic E-state index is 13.0. The average molecular weight is 344 g/mol. The van der Waals surface area contributed by atoms with E-state index >= 15 is 0 Å². The molecule has 2 aromatic heterocycles. The van der Waals surface area contributed by atoms with Crippen LogP contribution < -0.4 is 10.2 Å². The van der Waals surface area contributed by atoms with Crippen molar-refractivity contribution in [3.05, 3.63) is 70.6 Å². The summed E-state index contributed by atoms with van der Waals surface area (Å²) in [5.74, 6) is 1.12. The molecule has 0 amide bonds. The van der Waals surface area contributed by atoms with Gasteiger partial charge >= 0.3 is 0 Å². The molecule has 0 unspecified atom stereocenters. The maximum Gasteiger partial charge on any atom is 0.194 e. The zero-order valence-corrected chi connectivity index (χ0v) is 14.4. The molecule has 128 valence electrons. The van der Waals surface area contributed by atoms with E-state index in [1.807, 2.05) is 62.4 Å². The van der Waals surface area contributed by atoms with E-state index in [9.17, 15) is 4.79 Å². The lowest BCUT2D eigenvalue weighted by atomic mass is 9.97. The second-order valence-electron chi connectivity index (χ2n) is 6.99. The lowest BCUT2D eigenvalue weighted by molar-refractivity contribution is 0.159. The average Bonchev–Trinajstić information content (AvgIpc) is 3.12. The first kappa shape index (κ1) is 15.0. The second-order valence-corrected chi connectivity index (χ2v) is 6.99. The molecule has 4 aromatic rings. The third-order valence-corrected chi connectivity index (χ3v) is 4.65. The van der Waals surface area contributed by atoms with Crippen molar-refractivity contribution in [2.75, 3.05) is 0 Å². The number of fused-ring (bicyclic) bond motifs is 6. The Bertz CT molecular complexity index is 1240. The predicted molar refractivity (Wildman–Crippen MR) is 101 cm³/mol. The van der Waals surface area contributed by atoms with E-state index in [4.69, 9.17) is 13.6 Å². The molecular weight excluding hydrogens is 328 g/mol. The van der Waals surface area contributed by atoms with Crippen molar-refractivity contribution >= 4 is 28.0 Å². The van der Waals surface area contributed by atoms with Gasteiger partial charge in [0.1, 0.15) is 11.4 Å². The molecule has 0 saturated carbocycles. The molecule has 0 radical (unpaired) electrons. The summed E-state index contributed by atoms with van der Waals surface area (Å²) in [6, 6.07) is 12.9. The van der Waals surface area contributed by atoms with Crippen molar-refractivity contribution < 1.29 is 13.6 Å². The van der Waals surface area contributed by atoms with Crippen molar-refractivity contribution in [1.29, 1.82) is 0 Å². The standard InChI is InChI=1S/C22H16O4/c1-22(2)10-8-14-18-16(23)12-17(13-6-4-3-5-7-13)25-19(18)15-9-11-24-20(15)21(14)26-22/h3-12H,1-2H3. The minimum Gasteiger partial charge on any atom is -0.479 e. The molecule has 5 rings (SSSR count). The van der Waals surface area contributed by atoms with Gasteiger partial charge in [0.15, 0.2) is 22.3 Å². The van der Waals surface area contributed by atoms with Crippen molar-refractivity contribution in [3.63, 3.8) is 0 Å². The van der Waals surface area contributed by atoms with Gasteiger partial charge in [0.25, 0.3) is 0 Å². The van der Waals surface area contributed by atoms with Gasteiger partial charge in [0.2, 0.25) is 0 Å². The van der Waals surface area contributed by atoms with Crippen LogP contribution in [0.3, 0.4) is 0 Å². The summed E-state index contributed by atoms with van der Waals surface area (Å²) in [4.78, 5) is 13.0. The summed E-state index contributed by atoms with van der Waals surface area (Å²) in [6.45, 7) is 3.93. The van der Waals surface area contributed by atoms with Gasteiger partial charge in [-0.2, -0.15) is 0 Å². The predicted octanol–water partition coefficient (Wildman–Crippen LogP) is 5.39. The van der Waals surface area contributed by atoms with Crippen molar-refractivity contribution in [1.82, 2.24) is 0 Å². The van der Waals surface area contributed by atoms with E-state index in [2.05, 4.69) is 0 Å². The fourth-order valence-electron chi connectivity index (χ4n) is 3.42. The first-order valence-electron chi connectivity index (χ1n) is 8.48. The first-order valence-corrected chi connectivity index (χ1v) is 8.48. The quantitative estimate of drug-likeness (QED) is 0.464. The maximum atomic E-state index is 13.0. The largest absolute Gasteiger partial charge is 0.479 e. The van der Waals surface area contributed by atoms with Crippen molar-refractivity contribution in [2.45, 2.75) is 19.4 Å². The number of furan rings is 1. The van der Waals surface area contributed by atoms with Crippen LogP contribution in [0.1, 0.15) is 19.4 Å². The van der Waals surface area contributed by atoms with E-state index in [-0.39, 0.29) is 5.43 Å². The van der Waals surface area contributed by atoms with Gasteiger partial charge in [-0.15, -0.1) is 0 Å². The highest BCUT2D eigenvalue weighted by Gasteiger charge is 2.29. The minimum atomic E-state index is -0.468. The Labute approximate surface area is 149 Å². The monoisotopic (exact) mass is 344 g/mol. The van der Waals surface area contributed by atoms with Crippen LogP contribution in [-0.2, 0) is 0 Å². The van der Waals surface area contributed by atoms with Gasteiger partial charge in [0, 0.05) is 17.2 Å². The summed E-state index contributed by atoms with van der Waals surface area (Å²) >= 11 is 0. The van der Waals surface area contributed by atoms with Crippen LogP contribution in [0.4, 0.5) is 0 Å². The van der Waals surface area contributed by atoms with Crippen molar-refractivity contribution in [3.8, 4) is 17.1 Å². The molecule has 0 bridgehead atoms. The normalized spacial score (nSPS) is 15.2. The molecule has 3 heterocycles. The molecule has 0 saturated heterocycles. The molecule has 0 N–H and O–H groups in total. The molecule has 0 aliphatic carbocycles. The SMILES string of the molecule is CC1(C)C=Cc2c(c3occc3c3oc(-c4ccccc4)cc(=O)c23)O1. The third-order valence-electron chi connectivity index (χ3n) is 4.65. The lowest BCUT2D eigenvalue weighted by Crippen LogP contribution is -2.28. The van der Waals surface area contributed by atoms with E-state index in [1.54, 1.807) is 6.26 Å². The van der Waals surface area contributed by atoms with Crippen LogP contribution in [0.2, 0.25) is 0 Å². The summed E-state index contributed by atoms with van der Waals surface area (Å²) in [5, 5.41) is 1.25. The Morgan fingerprint density at radius 1 is 1.00 bits per heavy atom. The van der Waals surface area contributed by atoms with E-state index in [1.165, 1.54) is 6.07 Å². The highest BCUT2D eigenvalue weighted by Crippen LogP contribution is 2.43. The Hall–Kier alpha value is -3.27. The number of hydrogen-bond acceptors (Lipinski definition) is 4. The van der Waals surface area contributed by atoms with Gasteiger partial charge in [0.05, 0.1) is 17.0 Å². The van der Waals surface area contributed by atoms with Crippen molar-refractivity contribution in [2.24, 2.45) is 0 Å².